The van der Waals surface area contributed by atoms with Gasteiger partial charge < -0.3 is 14.9 Å². The van der Waals surface area contributed by atoms with Gasteiger partial charge in [0.2, 0.25) is 0 Å². The highest BCUT2D eigenvalue weighted by molar-refractivity contribution is 6.91. The number of carbonyl (C=O) groups excluding carboxylic acids is 1. The van der Waals surface area contributed by atoms with E-state index in [-0.39, 0.29) is 13.2 Å². The molecule has 0 radical (unpaired) electrons. The quantitative estimate of drug-likeness (QED) is 0.477. The topological polar surface area (TPSA) is 71.7 Å². The number of nitrogens with zero attached hydrogens (tertiary/aromatic N) is 1. The van der Waals surface area contributed by atoms with Gasteiger partial charge in [-0.25, -0.2) is 4.79 Å². The Bertz CT molecular complexity index is 1220. The van der Waals surface area contributed by atoms with Crippen molar-refractivity contribution in [3.63, 3.8) is 0 Å². The van der Waals surface area contributed by atoms with E-state index < -0.39 is 27.8 Å². The number of para-hydroxylation sites is 1. The zero-order chi connectivity index (χ0) is 25.6. The van der Waals surface area contributed by atoms with Gasteiger partial charge in [-0.15, -0.1) is 0 Å². The van der Waals surface area contributed by atoms with Crippen molar-refractivity contribution in [1.82, 2.24) is 4.57 Å². The Morgan fingerprint density at radius 1 is 0.912 bits per heavy atom. The zero-order valence-corrected chi connectivity index (χ0v) is 24.0. The molecule has 0 saturated carbocycles. The molecule has 7 heteroatoms. The highest BCUT2D eigenvalue weighted by Gasteiger charge is 2.32. The highest BCUT2D eigenvalue weighted by Crippen LogP contribution is 2.32. The van der Waals surface area contributed by atoms with E-state index in [1.807, 2.05) is 39.0 Å². The molecule has 5 nitrogen and oxygen atoms in total. The summed E-state index contributed by atoms with van der Waals surface area (Å²) in [5.41, 5.74) is 3.92. The summed E-state index contributed by atoms with van der Waals surface area (Å²) in [4.78, 5) is 13.1. The molecule has 2 aromatic carbocycles. The van der Waals surface area contributed by atoms with Crippen molar-refractivity contribution in [2.75, 3.05) is 0 Å². The number of aliphatic hydroxyl groups is 2. The van der Waals surface area contributed by atoms with Crippen LogP contribution in [-0.4, -0.2) is 42.6 Å². The van der Waals surface area contributed by atoms with Crippen molar-refractivity contribution >= 4 is 43.5 Å². The van der Waals surface area contributed by atoms with Gasteiger partial charge >= 0.3 is 6.09 Å². The van der Waals surface area contributed by atoms with Crippen molar-refractivity contribution < 1.29 is 19.7 Å². The zero-order valence-electron chi connectivity index (χ0n) is 22.0. The average Bonchev–Trinajstić information content (AvgIpc) is 3.14. The van der Waals surface area contributed by atoms with Gasteiger partial charge in [0.05, 0.1) is 34.9 Å². The first-order valence-electron chi connectivity index (χ1n) is 11.9. The average molecular weight is 498 g/mol. The summed E-state index contributed by atoms with van der Waals surface area (Å²) < 4.78 is 7.30. The van der Waals surface area contributed by atoms with E-state index >= 15 is 0 Å². The molecule has 2 N–H and O–H groups in total. The smallest absolute Gasteiger partial charge is 0.419 e. The maximum atomic E-state index is 13.1. The van der Waals surface area contributed by atoms with Crippen LogP contribution >= 0.6 is 0 Å². The first-order chi connectivity index (χ1) is 15.6. The molecule has 3 rings (SSSR count). The summed E-state index contributed by atoms with van der Waals surface area (Å²) in [7, 11) is -3.85. The normalized spacial score (nSPS) is 12.9. The number of ether oxygens (including phenoxy) is 1. The molecule has 0 spiro atoms. The Hall–Kier alpha value is -2.20. The summed E-state index contributed by atoms with van der Waals surface area (Å²) in [6, 6.07) is 10.2. The van der Waals surface area contributed by atoms with Crippen LogP contribution in [0.4, 0.5) is 4.79 Å². The third-order valence-corrected chi connectivity index (χ3v) is 10.1. The van der Waals surface area contributed by atoms with Crippen molar-refractivity contribution in [3.05, 3.63) is 47.7 Å². The maximum Gasteiger partial charge on any atom is 0.419 e. The highest BCUT2D eigenvalue weighted by atomic mass is 28.3. The molecular formula is C27H39NO4Si2. The molecule has 3 aromatic rings. The van der Waals surface area contributed by atoms with Gasteiger partial charge in [0.15, 0.2) is 0 Å². The molecule has 34 heavy (non-hydrogen) atoms. The summed E-state index contributed by atoms with van der Waals surface area (Å²) in [6.45, 7) is 18.9. The number of rotatable bonds is 5. The number of aliphatic hydroxyl groups excluding tert-OH is 2. The summed E-state index contributed by atoms with van der Waals surface area (Å²) in [6.07, 6.45) is 1.36. The number of hydrogen-bond acceptors (Lipinski definition) is 4. The summed E-state index contributed by atoms with van der Waals surface area (Å²) in [5, 5.41) is 24.1. The van der Waals surface area contributed by atoms with Crippen LogP contribution in [0.25, 0.3) is 22.0 Å². The van der Waals surface area contributed by atoms with E-state index in [1.165, 1.54) is 0 Å². The maximum absolute atomic E-state index is 13.1. The van der Waals surface area contributed by atoms with Gasteiger partial charge in [-0.1, -0.05) is 68.7 Å². The number of aromatic nitrogens is 1. The lowest BCUT2D eigenvalue weighted by Crippen LogP contribution is -2.48. The fraction of sp³-hybridized carbons (Fsp3) is 0.444. The second-order valence-corrected chi connectivity index (χ2v) is 22.1. The number of benzene rings is 2. The summed E-state index contributed by atoms with van der Waals surface area (Å²) >= 11 is 0. The van der Waals surface area contributed by atoms with Gasteiger partial charge in [-0.2, -0.15) is 0 Å². The monoisotopic (exact) mass is 497 g/mol. The van der Waals surface area contributed by atoms with Crippen molar-refractivity contribution in [2.45, 2.75) is 78.9 Å². The lowest BCUT2D eigenvalue weighted by Gasteiger charge is -2.31. The minimum absolute atomic E-state index is 0.0915. The van der Waals surface area contributed by atoms with E-state index in [2.05, 4.69) is 51.4 Å². The van der Waals surface area contributed by atoms with Crippen molar-refractivity contribution in [2.24, 2.45) is 0 Å². The summed E-state index contributed by atoms with van der Waals surface area (Å²) in [5.74, 6) is 0. The molecule has 0 aliphatic carbocycles. The van der Waals surface area contributed by atoms with Crippen LogP contribution in [0.15, 0.2) is 36.5 Å². The lowest BCUT2D eigenvalue weighted by molar-refractivity contribution is 0.0544. The predicted octanol–water partition coefficient (Wildman–Crippen LogP) is 5.17. The Morgan fingerprint density at radius 3 is 2.03 bits per heavy atom. The molecule has 0 aliphatic rings. The van der Waals surface area contributed by atoms with Crippen molar-refractivity contribution in [3.8, 4) is 11.1 Å². The molecule has 1 aromatic heterocycles. The first kappa shape index (κ1) is 26.4. The molecule has 0 fully saturated rings. The molecule has 0 amide bonds. The van der Waals surface area contributed by atoms with Crippen LogP contribution in [-0.2, 0) is 18.0 Å². The van der Waals surface area contributed by atoms with Crippen LogP contribution in [0.5, 0.6) is 0 Å². The Balaban J connectivity index is 2.47. The molecule has 0 bridgehead atoms. The van der Waals surface area contributed by atoms with Gasteiger partial charge in [-0.3, -0.25) is 4.57 Å². The lowest BCUT2D eigenvalue weighted by atomic mass is 9.97. The third-order valence-electron chi connectivity index (χ3n) is 6.02. The van der Waals surface area contributed by atoms with E-state index in [9.17, 15) is 15.0 Å². The first-order valence-corrected chi connectivity index (χ1v) is 18.9. The number of carbonyl (C=O) groups is 1. The fourth-order valence-electron chi connectivity index (χ4n) is 4.75. The van der Waals surface area contributed by atoms with Crippen LogP contribution in [0, 0.1) is 0 Å². The second kappa shape index (κ2) is 9.11. The Morgan fingerprint density at radius 2 is 1.53 bits per heavy atom. The van der Waals surface area contributed by atoms with Gasteiger partial charge in [0, 0.05) is 17.1 Å². The molecular weight excluding hydrogens is 458 g/mol. The molecule has 0 aliphatic heterocycles. The molecule has 0 saturated heterocycles. The van der Waals surface area contributed by atoms with Crippen LogP contribution in [0.2, 0.25) is 39.3 Å². The minimum atomic E-state index is -1.99. The van der Waals surface area contributed by atoms with Crippen LogP contribution in [0.3, 0.4) is 0 Å². The second-order valence-electron chi connectivity index (χ2n) is 12.0. The molecule has 1 heterocycles. The predicted molar refractivity (Wildman–Crippen MR) is 147 cm³/mol. The Labute approximate surface area is 205 Å². The number of hydrogen-bond donors (Lipinski definition) is 2. The standard InChI is InChI=1S/C27H39NO4Si2/c1-27(2,3)32-26(31)28-14-13-18-11-10-12-19(24(18)28)20-15-23(33(4,5)6)21(16-29)22(17-30)25(20)34(7,8)9/h10-15,29-30H,16-17H2,1-9H3. The minimum Gasteiger partial charge on any atom is -0.443 e. The van der Waals surface area contributed by atoms with E-state index in [0.29, 0.717) is 0 Å². The number of fused-ring (bicyclic) bond motifs is 1. The van der Waals surface area contributed by atoms with Crippen molar-refractivity contribution in [1.29, 1.82) is 0 Å². The molecule has 0 atom stereocenters. The Kier molecular flexibility index (Phi) is 7.08. The fourth-order valence-corrected chi connectivity index (χ4v) is 8.61. The van der Waals surface area contributed by atoms with Gasteiger partial charge in [0.1, 0.15) is 5.60 Å². The van der Waals surface area contributed by atoms with Gasteiger partial charge in [-0.05, 0) is 48.7 Å². The van der Waals surface area contributed by atoms with Gasteiger partial charge in [0.25, 0.3) is 0 Å². The molecule has 0 unspecified atom stereocenters. The van der Waals surface area contributed by atoms with Crippen LogP contribution < -0.4 is 10.4 Å². The van der Waals surface area contributed by atoms with E-state index in [4.69, 9.17) is 4.74 Å². The SMILES string of the molecule is CC(C)(C)OC(=O)n1ccc2cccc(-c3cc([Si](C)(C)C)c(CO)c(CO)c3[Si](C)(C)C)c21. The van der Waals surface area contributed by atoms with Crippen LogP contribution in [0.1, 0.15) is 31.9 Å². The van der Waals surface area contributed by atoms with E-state index in [1.54, 1.807) is 10.8 Å². The third kappa shape index (κ3) is 5.07. The molecule has 184 valence electrons. The van der Waals surface area contributed by atoms with E-state index in [0.717, 1.165) is 43.5 Å². The largest absolute Gasteiger partial charge is 0.443 e.